The van der Waals surface area contributed by atoms with Crippen LogP contribution >= 0.6 is 11.3 Å². The van der Waals surface area contributed by atoms with Crippen molar-refractivity contribution in [3.8, 4) is 10.4 Å². The Morgan fingerprint density at radius 3 is 2.10 bits per heavy atom. The molecule has 40 heavy (non-hydrogen) atoms. The number of nitrogens with zero attached hydrogens (tertiary/aromatic N) is 1. The quantitative estimate of drug-likeness (QED) is 0.187. The standard InChI is InChI=1S/C29H27N5O5S/c35-23(32-22(16-24(36)37)20-12-6-2-7-13-20)18-30-27(38)25-26(21-14-8-3-9-15-21)40-29(33-25)34-28(39)31-17-19-10-4-1-5-11-19/h1-15,22H,16-18H2,(H,30,38)(H,32,35)(H,36,37)(H2,31,33,34,39). The highest BCUT2D eigenvalue weighted by molar-refractivity contribution is 7.19. The number of aliphatic carboxylic acids is 1. The summed E-state index contributed by atoms with van der Waals surface area (Å²) in [5.74, 6) is -2.24. The zero-order valence-electron chi connectivity index (χ0n) is 21.3. The van der Waals surface area contributed by atoms with Gasteiger partial charge in [0.25, 0.3) is 5.91 Å². The van der Waals surface area contributed by atoms with Crippen LogP contribution in [0, 0.1) is 0 Å². The predicted octanol–water partition coefficient (Wildman–Crippen LogP) is 4.19. The number of carbonyl (C=O) groups excluding carboxylic acids is 3. The van der Waals surface area contributed by atoms with Crippen LogP contribution in [-0.4, -0.2) is 40.5 Å². The lowest BCUT2D eigenvalue weighted by Crippen LogP contribution is -2.39. The number of carbonyl (C=O) groups is 4. The monoisotopic (exact) mass is 557 g/mol. The number of rotatable bonds is 11. The molecule has 10 nitrogen and oxygen atoms in total. The summed E-state index contributed by atoms with van der Waals surface area (Å²) in [5, 5.41) is 20.1. The summed E-state index contributed by atoms with van der Waals surface area (Å²) in [4.78, 5) is 54.4. The van der Waals surface area contributed by atoms with Gasteiger partial charge in [-0.3, -0.25) is 19.7 Å². The Bertz CT molecular complexity index is 1460. The Morgan fingerprint density at radius 2 is 1.45 bits per heavy atom. The third-order valence-corrected chi connectivity index (χ3v) is 6.74. The number of benzene rings is 3. The molecule has 11 heteroatoms. The summed E-state index contributed by atoms with van der Waals surface area (Å²) >= 11 is 1.13. The number of urea groups is 1. The number of amides is 4. The molecular weight excluding hydrogens is 530 g/mol. The fraction of sp³-hybridized carbons (Fsp3) is 0.138. The van der Waals surface area contributed by atoms with Crippen LogP contribution in [0.5, 0.6) is 0 Å². The summed E-state index contributed by atoms with van der Waals surface area (Å²) in [6.07, 6.45) is -0.310. The molecule has 0 aliphatic rings. The first-order valence-corrected chi connectivity index (χ1v) is 13.2. The normalized spacial score (nSPS) is 11.2. The van der Waals surface area contributed by atoms with Crippen molar-refractivity contribution in [1.82, 2.24) is 20.9 Å². The molecule has 1 aromatic heterocycles. The molecule has 1 atom stereocenters. The van der Waals surface area contributed by atoms with Gasteiger partial charge in [-0.1, -0.05) is 102 Å². The Kier molecular flexibility index (Phi) is 9.57. The van der Waals surface area contributed by atoms with Crippen LogP contribution in [0.15, 0.2) is 91.0 Å². The zero-order valence-corrected chi connectivity index (χ0v) is 22.1. The van der Waals surface area contributed by atoms with Crippen LogP contribution in [0.25, 0.3) is 10.4 Å². The highest BCUT2D eigenvalue weighted by Crippen LogP contribution is 2.33. The number of aromatic nitrogens is 1. The van der Waals surface area contributed by atoms with Gasteiger partial charge >= 0.3 is 12.0 Å². The first-order valence-electron chi connectivity index (χ1n) is 12.4. The lowest BCUT2D eigenvalue weighted by Gasteiger charge is -2.17. The third kappa shape index (κ3) is 7.98. The van der Waals surface area contributed by atoms with Crippen molar-refractivity contribution in [3.63, 3.8) is 0 Å². The van der Waals surface area contributed by atoms with E-state index in [1.54, 1.807) is 30.3 Å². The van der Waals surface area contributed by atoms with Crippen molar-refractivity contribution >= 4 is 40.3 Å². The number of hydrogen-bond acceptors (Lipinski definition) is 6. The summed E-state index contributed by atoms with van der Waals surface area (Å²) in [6, 6.07) is 26.0. The van der Waals surface area contributed by atoms with Gasteiger partial charge in [-0.2, -0.15) is 0 Å². The summed E-state index contributed by atoms with van der Waals surface area (Å²) in [6.45, 7) is -0.0776. The van der Waals surface area contributed by atoms with Crippen molar-refractivity contribution < 1.29 is 24.3 Å². The predicted molar refractivity (Wildman–Crippen MR) is 152 cm³/mol. The Hall–Kier alpha value is -5.03. The van der Waals surface area contributed by atoms with Crippen molar-refractivity contribution in [2.45, 2.75) is 19.0 Å². The molecule has 4 aromatic rings. The number of thiazole rings is 1. The van der Waals surface area contributed by atoms with Gasteiger partial charge in [0.05, 0.1) is 23.9 Å². The van der Waals surface area contributed by atoms with Gasteiger partial charge in [-0.25, -0.2) is 9.78 Å². The van der Waals surface area contributed by atoms with Gasteiger partial charge in [0.15, 0.2) is 5.13 Å². The fourth-order valence-corrected chi connectivity index (χ4v) is 4.80. The summed E-state index contributed by atoms with van der Waals surface area (Å²) in [5.41, 5.74) is 2.33. The van der Waals surface area contributed by atoms with Gasteiger partial charge in [-0.15, -0.1) is 0 Å². The lowest BCUT2D eigenvalue weighted by atomic mass is 10.0. The van der Waals surface area contributed by atoms with E-state index >= 15 is 0 Å². The third-order valence-electron chi connectivity index (χ3n) is 5.72. The Balaban J connectivity index is 1.43. The maximum atomic E-state index is 13.1. The van der Waals surface area contributed by atoms with Crippen LogP contribution in [0.3, 0.4) is 0 Å². The highest BCUT2D eigenvalue weighted by atomic mass is 32.1. The van der Waals surface area contributed by atoms with Crippen molar-refractivity contribution in [2.75, 3.05) is 11.9 Å². The second-order valence-corrected chi connectivity index (χ2v) is 9.67. The van der Waals surface area contributed by atoms with Gasteiger partial charge in [0.1, 0.15) is 5.69 Å². The topological polar surface area (TPSA) is 150 Å². The molecule has 0 aliphatic heterocycles. The van der Waals surface area contributed by atoms with Gasteiger partial charge in [0, 0.05) is 6.54 Å². The minimum atomic E-state index is -1.07. The van der Waals surface area contributed by atoms with E-state index in [0.29, 0.717) is 17.0 Å². The molecular formula is C29H27N5O5S. The SMILES string of the molecule is O=C(O)CC(NC(=O)CNC(=O)c1nc(NC(=O)NCc2ccccc2)sc1-c1ccccc1)c1ccccc1. The van der Waals surface area contributed by atoms with Gasteiger partial charge < -0.3 is 21.1 Å². The molecule has 4 rings (SSSR count). The molecule has 0 aliphatic carbocycles. The fourth-order valence-electron chi connectivity index (χ4n) is 3.83. The first-order chi connectivity index (χ1) is 19.4. The van der Waals surface area contributed by atoms with Crippen LogP contribution in [0.4, 0.5) is 9.93 Å². The molecule has 0 saturated heterocycles. The molecule has 5 N–H and O–H groups in total. The average Bonchev–Trinajstić information content (AvgIpc) is 3.39. The molecule has 0 radical (unpaired) electrons. The van der Waals surface area contributed by atoms with E-state index in [-0.39, 0.29) is 17.2 Å². The average molecular weight is 558 g/mol. The molecule has 0 saturated carbocycles. The number of anilines is 1. The maximum absolute atomic E-state index is 13.1. The first kappa shape index (κ1) is 28.0. The van der Waals surface area contributed by atoms with E-state index < -0.39 is 36.4 Å². The van der Waals surface area contributed by atoms with Crippen molar-refractivity contribution in [1.29, 1.82) is 0 Å². The van der Waals surface area contributed by atoms with Crippen LogP contribution in [0.1, 0.15) is 34.1 Å². The summed E-state index contributed by atoms with van der Waals surface area (Å²) < 4.78 is 0. The number of carboxylic acid groups (broad SMARTS) is 1. The van der Waals surface area contributed by atoms with Gasteiger partial charge in [-0.05, 0) is 16.7 Å². The Labute approximate surface area is 234 Å². The smallest absolute Gasteiger partial charge is 0.321 e. The largest absolute Gasteiger partial charge is 0.481 e. The maximum Gasteiger partial charge on any atom is 0.321 e. The Morgan fingerprint density at radius 1 is 0.825 bits per heavy atom. The van der Waals surface area contributed by atoms with E-state index in [9.17, 15) is 24.3 Å². The molecule has 0 fully saturated rings. The second kappa shape index (κ2) is 13.7. The zero-order chi connectivity index (χ0) is 28.3. The van der Waals surface area contributed by atoms with E-state index in [2.05, 4.69) is 26.3 Å². The van der Waals surface area contributed by atoms with Crippen molar-refractivity contribution in [2.24, 2.45) is 0 Å². The van der Waals surface area contributed by atoms with E-state index in [1.807, 2.05) is 60.7 Å². The van der Waals surface area contributed by atoms with Crippen molar-refractivity contribution in [3.05, 3.63) is 108 Å². The van der Waals surface area contributed by atoms with E-state index in [4.69, 9.17) is 0 Å². The van der Waals surface area contributed by atoms with Gasteiger partial charge in [0.2, 0.25) is 5.91 Å². The molecule has 3 aromatic carbocycles. The lowest BCUT2D eigenvalue weighted by molar-refractivity contribution is -0.137. The van der Waals surface area contributed by atoms with Crippen LogP contribution in [-0.2, 0) is 16.1 Å². The molecule has 1 heterocycles. The van der Waals surface area contributed by atoms with Crippen LogP contribution in [0.2, 0.25) is 0 Å². The van der Waals surface area contributed by atoms with E-state index in [1.165, 1.54) is 0 Å². The highest BCUT2D eigenvalue weighted by Gasteiger charge is 2.22. The molecule has 0 bridgehead atoms. The van der Waals surface area contributed by atoms with Crippen LogP contribution < -0.4 is 21.3 Å². The molecule has 4 amide bonds. The molecule has 1 unspecified atom stereocenters. The number of carboxylic acids is 1. The summed E-state index contributed by atoms with van der Waals surface area (Å²) in [7, 11) is 0. The second-order valence-electron chi connectivity index (χ2n) is 8.67. The molecule has 0 spiro atoms. The minimum absolute atomic E-state index is 0.0486. The minimum Gasteiger partial charge on any atom is -0.481 e. The number of nitrogens with one attached hydrogen (secondary N) is 4. The van der Waals surface area contributed by atoms with E-state index in [0.717, 1.165) is 22.5 Å². The molecule has 204 valence electrons. The number of hydrogen-bond donors (Lipinski definition) is 5.